The molecule has 1 amide bonds. The van der Waals surface area contributed by atoms with Crippen LogP contribution >= 0.6 is 0 Å². The van der Waals surface area contributed by atoms with E-state index in [1.54, 1.807) is 17.0 Å². The molecule has 0 bridgehead atoms. The van der Waals surface area contributed by atoms with Gasteiger partial charge in [0.2, 0.25) is 5.91 Å². The Labute approximate surface area is 128 Å². The number of furan rings is 1. The summed E-state index contributed by atoms with van der Waals surface area (Å²) in [4.78, 5) is 25.7. The van der Waals surface area contributed by atoms with Crippen molar-refractivity contribution in [1.82, 2.24) is 0 Å². The summed E-state index contributed by atoms with van der Waals surface area (Å²) in [7, 11) is 0. The molecular formula is C17H17NO4. The third kappa shape index (κ3) is 2.39. The standard InChI is InChI=1S/C17H17NO4/c1-11-5-2-3-6-13(11)18-15(19)9-8-12(17(20)21)16(18)14-7-4-10-22-14/h2-7,10,12,16H,8-9H2,1H3,(H,20,21). The van der Waals surface area contributed by atoms with E-state index >= 15 is 0 Å². The first kappa shape index (κ1) is 14.4. The number of carboxylic acids is 1. The number of para-hydroxylation sites is 1. The van der Waals surface area contributed by atoms with Crippen molar-refractivity contribution >= 4 is 17.6 Å². The zero-order valence-corrected chi connectivity index (χ0v) is 12.2. The van der Waals surface area contributed by atoms with Crippen LogP contribution in [0.1, 0.15) is 30.2 Å². The van der Waals surface area contributed by atoms with E-state index in [2.05, 4.69) is 0 Å². The Morgan fingerprint density at radius 1 is 1.27 bits per heavy atom. The normalized spacial score (nSPS) is 21.9. The molecule has 1 aliphatic rings. The number of amides is 1. The number of rotatable bonds is 3. The summed E-state index contributed by atoms with van der Waals surface area (Å²) >= 11 is 0. The lowest BCUT2D eigenvalue weighted by Crippen LogP contribution is -2.45. The number of carboxylic acid groups (broad SMARTS) is 1. The first-order chi connectivity index (χ1) is 10.6. The molecule has 0 aliphatic carbocycles. The molecule has 3 rings (SSSR count). The maximum absolute atomic E-state index is 12.5. The summed E-state index contributed by atoms with van der Waals surface area (Å²) in [6, 6.07) is 10.3. The van der Waals surface area contributed by atoms with Gasteiger partial charge in [-0.3, -0.25) is 9.59 Å². The van der Waals surface area contributed by atoms with Gasteiger partial charge < -0.3 is 14.4 Å². The third-order valence-electron chi connectivity index (χ3n) is 4.12. The topological polar surface area (TPSA) is 70.8 Å². The number of hydrogen-bond donors (Lipinski definition) is 1. The molecule has 1 aromatic carbocycles. The fraction of sp³-hybridized carbons (Fsp3) is 0.294. The minimum Gasteiger partial charge on any atom is -0.481 e. The Bertz CT molecular complexity index is 692. The van der Waals surface area contributed by atoms with Crippen LogP contribution in [0.3, 0.4) is 0 Å². The highest BCUT2D eigenvalue weighted by atomic mass is 16.4. The van der Waals surface area contributed by atoms with Crippen LogP contribution in [0.4, 0.5) is 5.69 Å². The van der Waals surface area contributed by atoms with Crippen molar-refractivity contribution in [3.05, 3.63) is 54.0 Å². The molecule has 5 nitrogen and oxygen atoms in total. The van der Waals surface area contributed by atoms with Gasteiger partial charge in [0, 0.05) is 12.1 Å². The predicted molar refractivity (Wildman–Crippen MR) is 80.5 cm³/mol. The highest BCUT2D eigenvalue weighted by Gasteiger charge is 2.43. The zero-order chi connectivity index (χ0) is 15.7. The first-order valence-electron chi connectivity index (χ1n) is 7.23. The van der Waals surface area contributed by atoms with E-state index in [4.69, 9.17) is 4.42 Å². The van der Waals surface area contributed by atoms with Gasteiger partial charge in [-0.05, 0) is 37.1 Å². The molecule has 114 valence electrons. The fourth-order valence-corrected chi connectivity index (χ4v) is 3.05. The number of aliphatic carboxylic acids is 1. The highest BCUT2D eigenvalue weighted by Crippen LogP contribution is 2.41. The zero-order valence-electron chi connectivity index (χ0n) is 12.2. The van der Waals surface area contributed by atoms with E-state index in [1.807, 2.05) is 31.2 Å². The van der Waals surface area contributed by atoms with E-state index in [1.165, 1.54) is 6.26 Å². The molecule has 2 atom stereocenters. The van der Waals surface area contributed by atoms with Crippen molar-refractivity contribution in [3.63, 3.8) is 0 Å². The molecule has 1 aromatic heterocycles. The maximum atomic E-state index is 12.5. The van der Waals surface area contributed by atoms with Gasteiger partial charge in [0.15, 0.2) is 0 Å². The highest BCUT2D eigenvalue weighted by molar-refractivity contribution is 5.97. The molecule has 1 saturated heterocycles. The summed E-state index contributed by atoms with van der Waals surface area (Å²) in [5.74, 6) is -1.16. The second kappa shape index (κ2) is 5.67. The van der Waals surface area contributed by atoms with E-state index in [9.17, 15) is 14.7 Å². The minimum absolute atomic E-state index is 0.0757. The van der Waals surface area contributed by atoms with Crippen LogP contribution in [0.15, 0.2) is 47.1 Å². The fourth-order valence-electron chi connectivity index (χ4n) is 3.05. The lowest BCUT2D eigenvalue weighted by Gasteiger charge is -2.38. The molecule has 2 heterocycles. The van der Waals surface area contributed by atoms with E-state index in [0.717, 1.165) is 11.3 Å². The second-order valence-corrected chi connectivity index (χ2v) is 5.49. The summed E-state index contributed by atoms with van der Waals surface area (Å²) in [6.45, 7) is 1.91. The number of carbonyl (C=O) groups excluding carboxylic acids is 1. The summed E-state index contributed by atoms with van der Waals surface area (Å²) < 4.78 is 5.44. The maximum Gasteiger partial charge on any atom is 0.309 e. The van der Waals surface area contributed by atoms with Crippen LogP contribution < -0.4 is 4.90 Å². The van der Waals surface area contributed by atoms with Crippen LogP contribution in [0.25, 0.3) is 0 Å². The molecular weight excluding hydrogens is 282 g/mol. The van der Waals surface area contributed by atoms with Crippen molar-refractivity contribution in [3.8, 4) is 0 Å². The Morgan fingerprint density at radius 3 is 2.68 bits per heavy atom. The Hall–Kier alpha value is -2.56. The molecule has 0 radical (unpaired) electrons. The number of nitrogens with zero attached hydrogens (tertiary/aromatic N) is 1. The van der Waals surface area contributed by atoms with Crippen molar-refractivity contribution in [2.24, 2.45) is 5.92 Å². The first-order valence-corrected chi connectivity index (χ1v) is 7.23. The van der Waals surface area contributed by atoms with E-state index in [0.29, 0.717) is 12.2 Å². The van der Waals surface area contributed by atoms with Crippen LogP contribution in [0.5, 0.6) is 0 Å². The average molecular weight is 299 g/mol. The number of carbonyl (C=O) groups is 2. The van der Waals surface area contributed by atoms with Gasteiger partial charge in [-0.15, -0.1) is 0 Å². The number of aryl methyl sites for hydroxylation is 1. The molecule has 1 fully saturated rings. The summed E-state index contributed by atoms with van der Waals surface area (Å²) in [6.07, 6.45) is 2.05. The molecule has 0 saturated carbocycles. The molecule has 1 aliphatic heterocycles. The van der Waals surface area contributed by atoms with Crippen molar-refractivity contribution < 1.29 is 19.1 Å². The van der Waals surface area contributed by atoms with Crippen LogP contribution in [-0.4, -0.2) is 17.0 Å². The van der Waals surface area contributed by atoms with Gasteiger partial charge >= 0.3 is 5.97 Å². The SMILES string of the molecule is Cc1ccccc1N1C(=O)CCC(C(=O)O)C1c1ccco1. The summed E-state index contributed by atoms with van der Waals surface area (Å²) in [5, 5.41) is 9.55. The largest absolute Gasteiger partial charge is 0.481 e. The third-order valence-corrected chi connectivity index (χ3v) is 4.12. The van der Waals surface area contributed by atoms with Crippen molar-refractivity contribution in [1.29, 1.82) is 0 Å². The second-order valence-electron chi connectivity index (χ2n) is 5.49. The van der Waals surface area contributed by atoms with Gasteiger partial charge in [0.1, 0.15) is 11.8 Å². The predicted octanol–water partition coefficient (Wildman–Crippen LogP) is 3.16. The monoisotopic (exact) mass is 299 g/mol. The number of piperidine rings is 1. The molecule has 0 spiro atoms. The van der Waals surface area contributed by atoms with E-state index in [-0.39, 0.29) is 12.3 Å². The molecule has 2 unspecified atom stereocenters. The summed E-state index contributed by atoms with van der Waals surface area (Å²) in [5.41, 5.74) is 1.67. The van der Waals surface area contributed by atoms with Gasteiger partial charge in [0.05, 0.1) is 12.2 Å². The van der Waals surface area contributed by atoms with Crippen LogP contribution in [0, 0.1) is 12.8 Å². The van der Waals surface area contributed by atoms with Crippen molar-refractivity contribution in [2.75, 3.05) is 4.90 Å². The lowest BCUT2D eigenvalue weighted by atomic mass is 9.86. The molecule has 5 heteroatoms. The van der Waals surface area contributed by atoms with Gasteiger partial charge in [-0.1, -0.05) is 18.2 Å². The number of anilines is 1. The quantitative estimate of drug-likeness (QED) is 0.945. The van der Waals surface area contributed by atoms with Crippen LogP contribution in [0.2, 0.25) is 0 Å². The lowest BCUT2D eigenvalue weighted by molar-refractivity contribution is -0.144. The smallest absolute Gasteiger partial charge is 0.309 e. The van der Waals surface area contributed by atoms with Gasteiger partial charge in [0.25, 0.3) is 0 Å². The Balaban J connectivity index is 2.12. The number of hydrogen-bond acceptors (Lipinski definition) is 3. The minimum atomic E-state index is -0.910. The Kier molecular flexibility index (Phi) is 3.71. The Morgan fingerprint density at radius 2 is 2.05 bits per heavy atom. The van der Waals surface area contributed by atoms with Gasteiger partial charge in [-0.2, -0.15) is 0 Å². The van der Waals surface area contributed by atoms with E-state index < -0.39 is 17.9 Å². The molecule has 2 aromatic rings. The molecule has 1 N–H and O–H groups in total. The van der Waals surface area contributed by atoms with Crippen LogP contribution in [-0.2, 0) is 9.59 Å². The molecule has 22 heavy (non-hydrogen) atoms. The van der Waals surface area contributed by atoms with Gasteiger partial charge in [-0.25, -0.2) is 0 Å². The number of benzene rings is 1. The van der Waals surface area contributed by atoms with Crippen molar-refractivity contribution in [2.45, 2.75) is 25.8 Å². The average Bonchev–Trinajstić information content (AvgIpc) is 3.01.